The Bertz CT molecular complexity index is 581. The molecule has 1 N–H and O–H groups in total. The molecule has 24 heavy (non-hydrogen) atoms. The Labute approximate surface area is 137 Å². The molecule has 4 saturated heterocycles. The minimum Gasteiger partial charge on any atom is -0.355 e. The van der Waals surface area contributed by atoms with E-state index in [9.17, 15) is 18.3 Å². The van der Waals surface area contributed by atoms with E-state index in [2.05, 4.69) is 6.58 Å². The van der Waals surface area contributed by atoms with E-state index in [0.717, 1.165) is 6.42 Å². The molecule has 5 aliphatic rings. The van der Waals surface area contributed by atoms with Gasteiger partial charge in [0.25, 0.3) is 5.79 Å². The number of aliphatic hydroxyl groups is 1. The minimum absolute atomic E-state index is 0.0971. The molecule has 5 fully saturated rings. The molecule has 1 spiro atoms. The van der Waals surface area contributed by atoms with Gasteiger partial charge < -0.3 is 14.6 Å². The summed E-state index contributed by atoms with van der Waals surface area (Å²) < 4.78 is 51.4. The maximum Gasteiger partial charge on any atom is 0.447 e. The van der Waals surface area contributed by atoms with Crippen molar-refractivity contribution in [1.29, 1.82) is 0 Å². The van der Waals surface area contributed by atoms with Gasteiger partial charge in [0.05, 0.1) is 0 Å². The first-order valence-corrected chi connectivity index (χ1v) is 8.24. The monoisotopic (exact) mass is 350 g/mol. The molecule has 0 aromatic rings. The Morgan fingerprint density at radius 2 is 1.88 bits per heavy atom. The number of fused-ring (bicyclic) bond motifs is 2. The zero-order chi connectivity index (χ0) is 17.5. The van der Waals surface area contributed by atoms with Crippen LogP contribution in [-0.2, 0) is 19.2 Å². The van der Waals surface area contributed by atoms with Crippen LogP contribution in [0.1, 0.15) is 39.5 Å². The molecule has 0 aromatic carbocycles. The number of ether oxygens (including phenoxy) is 2. The Morgan fingerprint density at radius 3 is 2.54 bits per heavy atom. The highest BCUT2D eigenvalue weighted by Crippen LogP contribution is 2.63. The molecule has 0 aromatic heterocycles. The first-order valence-electron chi connectivity index (χ1n) is 8.24. The molecule has 0 radical (unpaired) electrons. The lowest BCUT2D eigenvalue weighted by molar-refractivity contribution is -0.581. The van der Waals surface area contributed by atoms with Crippen LogP contribution in [0.3, 0.4) is 0 Å². The lowest BCUT2D eigenvalue weighted by atomic mass is 9.58. The van der Waals surface area contributed by atoms with Gasteiger partial charge in [0.2, 0.25) is 5.79 Å². The van der Waals surface area contributed by atoms with Crippen LogP contribution < -0.4 is 0 Å². The largest absolute Gasteiger partial charge is 0.447 e. The van der Waals surface area contributed by atoms with E-state index in [-0.39, 0.29) is 11.8 Å². The first kappa shape index (κ1) is 16.8. The van der Waals surface area contributed by atoms with E-state index in [1.54, 1.807) is 6.92 Å². The molecule has 136 valence electrons. The van der Waals surface area contributed by atoms with Crippen molar-refractivity contribution in [3.63, 3.8) is 0 Å². The second-order valence-electron chi connectivity index (χ2n) is 7.64. The molecule has 2 bridgehead atoms. The van der Waals surface area contributed by atoms with E-state index >= 15 is 0 Å². The summed E-state index contributed by atoms with van der Waals surface area (Å²) in [6.07, 6.45) is -4.09. The van der Waals surface area contributed by atoms with E-state index in [1.165, 1.54) is 0 Å². The van der Waals surface area contributed by atoms with Crippen LogP contribution in [0.15, 0.2) is 12.2 Å². The van der Waals surface area contributed by atoms with Crippen LogP contribution in [0.4, 0.5) is 13.2 Å². The van der Waals surface area contributed by atoms with Crippen LogP contribution >= 0.6 is 0 Å². The second kappa shape index (κ2) is 4.73. The quantitative estimate of drug-likeness (QED) is 0.538. The maximum absolute atomic E-state index is 13.5. The van der Waals surface area contributed by atoms with Crippen molar-refractivity contribution < 1.29 is 37.5 Å². The molecule has 4 heterocycles. The number of hydrogen-bond donors (Lipinski definition) is 1. The zero-order valence-electron chi connectivity index (χ0n) is 13.6. The molecule has 7 atom stereocenters. The van der Waals surface area contributed by atoms with Gasteiger partial charge in [0, 0.05) is 12.3 Å². The first-order chi connectivity index (χ1) is 11.0. The number of hydrogen-bond acceptors (Lipinski definition) is 5. The van der Waals surface area contributed by atoms with E-state index < -0.39 is 41.1 Å². The van der Waals surface area contributed by atoms with Gasteiger partial charge in [-0.1, -0.05) is 13.5 Å². The van der Waals surface area contributed by atoms with Crippen LogP contribution in [-0.4, -0.2) is 34.7 Å². The molecule has 5 rings (SSSR count). The Balaban J connectivity index is 1.85. The second-order valence-corrected chi connectivity index (χ2v) is 7.64. The molecule has 8 heteroatoms. The zero-order valence-corrected chi connectivity index (χ0v) is 13.6. The van der Waals surface area contributed by atoms with Gasteiger partial charge in [0.1, 0.15) is 0 Å². The smallest absolute Gasteiger partial charge is 0.355 e. The fourth-order valence-electron chi connectivity index (χ4n) is 4.86. The van der Waals surface area contributed by atoms with Gasteiger partial charge in [-0.05, 0) is 43.6 Å². The summed E-state index contributed by atoms with van der Waals surface area (Å²) in [6.45, 7) is 7.20. The van der Waals surface area contributed by atoms with Gasteiger partial charge in [-0.3, -0.25) is 0 Å². The Hall–Kier alpha value is -0.670. The summed E-state index contributed by atoms with van der Waals surface area (Å²) in [5.74, 6) is -5.28. The van der Waals surface area contributed by atoms with Gasteiger partial charge in [0.15, 0.2) is 11.9 Å². The summed E-state index contributed by atoms with van der Waals surface area (Å²) in [6, 6.07) is 0. The SMILES string of the molecule is C=C1C2CC[C@@H](C)C3CC[C@]4(C)OO[C@@]23C(OC1(O)C(F)(F)F)O4. The van der Waals surface area contributed by atoms with Crippen molar-refractivity contribution in [2.24, 2.45) is 17.8 Å². The standard InChI is InChI=1S/C16H21F3O5/c1-8-4-5-11-9(2)15(20,16(17,18)19)22-12-14(11)10(8)6-7-13(3,21-12)23-24-14/h8,10-12,20H,2,4-7H2,1,3H3/t8-,10?,11?,12?,13+,14-,15?/m1/s1. The fraction of sp³-hybridized carbons (Fsp3) is 0.875. The van der Waals surface area contributed by atoms with Crippen LogP contribution in [0.25, 0.3) is 0 Å². The Morgan fingerprint density at radius 1 is 1.17 bits per heavy atom. The molecule has 1 aliphatic carbocycles. The highest BCUT2D eigenvalue weighted by molar-refractivity contribution is 5.27. The van der Waals surface area contributed by atoms with Gasteiger partial charge in [-0.2, -0.15) is 13.2 Å². The van der Waals surface area contributed by atoms with E-state index in [1.807, 2.05) is 6.92 Å². The summed E-state index contributed by atoms with van der Waals surface area (Å²) in [4.78, 5) is 11.2. The topological polar surface area (TPSA) is 57.2 Å². The van der Waals surface area contributed by atoms with E-state index in [4.69, 9.17) is 19.2 Å². The average molecular weight is 350 g/mol. The van der Waals surface area contributed by atoms with Crippen molar-refractivity contribution in [3.05, 3.63) is 12.2 Å². The van der Waals surface area contributed by atoms with E-state index in [0.29, 0.717) is 19.3 Å². The average Bonchev–Trinajstić information content (AvgIpc) is 2.70. The fourth-order valence-corrected chi connectivity index (χ4v) is 4.86. The van der Waals surface area contributed by atoms with Crippen LogP contribution in [0.5, 0.6) is 0 Å². The van der Waals surface area contributed by atoms with Crippen LogP contribution in [0, 0.1) is 17.8 Å². The predicted molar refractivity (Wildman–Crippen MR) is 74.0 cm³/mol. The molecule has 4 unspecified atom stereocenters. The van der Waals surface area contributed by atoms with Crippen molar-refractivity contribution in [2.75, 3.05) is 0 Å². The molecular weight excluding hydrogens is 329 g/mol. The van der Waals surface area contributed by atoms with Crippen molar-refractivity contribution >= 4 is 0 Å². The van der Waals surface area contributed by atoms with Gasteiger partial charge in [-0.15, -0.1) is 0 Å². The van der Waals surface area contributed by atoms with Crippen molar-refractivity contribution in [2.45, 2.75) is 69.2 Å². The molecule has 0 amide bonds. The third-order valence-electron chi connectivity index (χ3n) is 6.24. The third-order valence-corrected chi connectivity index (χ3v) is 6.24. The number of halogens is 3. The maximum atomic E-state index is 13.5. The van der Waals surface area contributed by atoms with Crippen molar-refractivity contribution in [1.82, 2.24) is 0 Å². The molecular formula is C16H21F3O5. The third kappa shape index (κ3) is 1.89. The highest BCUT2D eigenvalue weighted by Gasteiger charge is 2.75. The van der Waals surface area contributed by atoms with Gasteiger partial charge >= 0.3 is 6.18 Å². The number of rotatable bonds is 0. The lowest BCUT2D eigenvalue weighted by Crippen LogP contribution is -2.73. The summed E-state index contributed by atoms with van der Waals surface area (Å²) in [5, 5.41) is 10.3. The molecule has 4 aliphatic heterocycles. The number of alkyl halides is 3. The summed E-state index contributed by atoms with van der Waals surface area (Å²) in [7, 11) is 0. The summed E-state index contributed by atoms with van der Waals surface area (Å²) >= 11 is 0. The minimum atomic E-state index is -5.01. The highest BCUT2D eigenvalue weighted by atomic mass is 19.4. The van der Waals surface area contributed by atoms with Crippen molar-refractivity contribution in [3.8, 4) is 0 Å². The molecule has 1 saturated carbocycles. The van der Waals surface area contributed by atoms with Gasteiger partial charge in [-0.25, -0.2) is 9.78 Å². The molecule has 5 nitrogen and oxygen atoms in total. The van der Waals surface area contributed by atoms with Crippen LogP contribution in [0.2, 0.25) is 0 Å². The normalized spacial score (nSPS) is 54.3. The lowest BCUT2D eigenvalue weighted by Gasteiger charge is -2.60. The predicted octanol–water partition coefficient (Wildman–Crippen LogP) is 3.04. The Kier molecular flexibility index (Phi) is 3.31. The summed E-state index contributed by atoms with van der Waals surface area (Å²) in [5.41, 5.74) is -1.64.